The zero-order valence-corrected chi connectivity index (χ0v) is 17.1. The average molecular weight is 412 g/mol. The molecule has 3 heteroatoms. The smallest absolute Gasteiger partial charge is 0.875 e. The molecule has 27 heavy (non-hydrogen) atoms. The van der Waals surface area contributed by atoms with Gasteiger partial charge in [-0.3, -0.25) is 0 Å². The molecule has 0 saturated heterocycles. The third kappa shape index (κ3) is 5.87. The van der Waals surface area contributed by atoms with Crippen molar-refractivity contribution in [3.63, 3.8) is 0 Å². The average Bonchev–Trinajstić information content (AvgIpc) is 3.39. The van der Waals surface area contributed by atoms with Crippen molar-refractivity contribution in [3.8, 4) is 0 Å². The van der Waals surface area contributed by atoms with E-state index in [0.29, 0.717) is 0 Å². The van der Waals surface area contributed by atoms with Gasteiger partial charge in [-0.2, -0.15) is 12.1 Å². The Morgan fingerprint density at radius 2 is 1.30 bits per heavy atom. The second kappa shape index (κ2) is 10.8. The van der Waals surface area contributed by atoms with Gasteiger partial charge in [-0.05, 0) is 24.1 Å². The molecule has 0 spiro atoms. The Bertz CT molecular complexity index is 837. The minimum absolute atomic E-state index is 0. The van der Waals surface area contributed by atoms with Crippen LogP contribution in [0.15, 0.2) is 121 Å². The molecule has 0 amide bonds. The SMILES string of the molecule is CC([O-])=C1C=CC=C1.[Fe+2].c1ccc(P(c2ccccc2)c2ccc[cH-]2)cc1. The van der Waals surface area contributed by atoms with Crippen molar-refractivity contribution in [2.45, 2.75) is 6.92 Å². The van der Waals surface area contributed by atoms with Crippen molar-refractivity contribution in [1.82, 2.24) is 0 Å². The standard InChI is InChI=1S/C17H14P.C7H8O.Fe/c1-3-9-15(10-4-1)18(17-13-7-8-14-17)16-11-5-2-6-12-16;1-6(8)7-4-2-3-5-7;/h1-14H;2-5,8H,1H3;/q-1;;+2/p-1. The number of benzene rings is 2. The Morgan fingerprint density at radius 3 is 1.67 bits per heavy atom. The van der Waals surface area contributed by atoms with Crippen LogP contribution in [0.3, 0.4) is 0 Å². The molecule has 0 saturated carbocycles. The van der Waals surface area contributed by atoms with Crippen LogP contribution in [-0.2, 0) is 17.1 Å². The Kier molecular flexibility index (Phi) is 8.42. The van der Waals surface area contributed by atoms with Crippen molar-refractivity contribution in [2.75, 3.05) is 0 Å². The Morgan fingerprint density at radius 1 is 0.778 bits per heavy atom. The van der Waals surface area contributed by atoms with Crippen LogP contribution in [0, 0.1) is 0 Å². The van der Waals surface area contributed by atoms with Crippen molar-refractivity contribution >= 4 is 23.8 Å². The van der Waals surface area contributed by atoms with E-state index in [2.05, 4.69) is 84.9 Å². The first-order chi connectivity index (χ1) is 12.8. The van der Waals surface area contributed by atoms with Crippen molar-refractivity contribution in [2.24, 2.45) is 0 Å². The van der Waals surface area contributed by atoms with E-state index in [0.717, 1.165) is 5.57 Å². The maximum atomic E-state index is 10.5. The van der Waals surface area contributed by atoms with Gasteiger partial charge in [-0.25, -0.2) is 12.1 Å². The van der Waals surface area contributed by atoms with E-state index < -0.39 is 7.92 Å². The summed E-state index contributed by atoms with van der Waals surface area (Å²) in [6.45, 7) is 1.56. The maximum Gasteiger partial charge on any atom is 2.00 e. The summed E-state index contributed by atoms with van der Waals surface area (Å²) >= 11 is 0. The van der Waals surface area contributed by atoms with E-state index in [-0.39, 0.29) is 22.8 Å². The van der Waals surface area contributed by atoms with E-state index in [1.165, 1.54) is 15.9 Å². The van der Waals surface area contributed by atoms with Gasteiger partial charge in [-0.15, -0.1) is 11.1 Å². The van der Waals surface area contributed by atoms with Crippen molar-refractivity contribution in [3.05, 3.63) is 121 Å². The van der Waals surface area contributed by atoms with Crippen LogP contribution in [0.2, 0.25) is 0 Å². The number of allylic oxidation sites excluding steroid dienone is 6. The first kappa shape index (κ1) is 21.1. The molecule has 0 aliphatic heterocycles. The molecule has 0 atom stereocenters. The van der Waals surface area contributed by atoms with E-state index in [1.807, 2.05) is 24.3 Å². The monoisotopic (exact) mass is 412 g/mol. The normalized spacial score (nSPS) is 11.7. The van der Waals surface area contributed by atoms with Crippen LogP contribution in [0.1, 0.15) is 6.92 Å². The summed E-state index contributed by atoms with van der Waals surface area (Å²) in [5.41, 5.74) is 0.796. The van der Waals surface area contributed by atoms with Crippen LogP contribution in [0.25, 0.3) is 0 Å². The van der Waals surface area contributed by atoms with E-state index in [1.54, 1.807) is 6.92 Å². The van der Waals surface area contributed by atoms with Crippen LogP contribution in [0.5, 0.6) is 0 Å². The number of rotatable bonds is 3. The van der Waals surface area contributed by atoms with E-state index >= 15 is 0 Å². The molecular weight excluding hydrogens is 391 g/mol. The molecule has 1 aliphatic carbocycles. The molecule has 1 nitrogen and oxygen atoms in total. The molecule has 4 rings (SSSR count). The van der Waals surface area contributed by atoms with Crippen LogP contribution < -0.4 is 21.0 Å². The summed E-state index contributed by atoms with van der Waals surface area (Å²) in [6, 6.07) is 30.2. The molecule has 1 aliphatic rings. The van der Waals surface area contributed by atoms with Gasteiger partial charge in [0.05, 0.1) is 0 Å². The summed E-state index contributed by atoms with van der Waals surface area (Å²) in [6.07, 6.45) is 7.33. The molecule has 0 unspecified atom stereocenters. The van der Waals surface area contributed by atoms with Crippen LogP contribution in [-0.4, -0.2) is 0 Å². The second-order valence-corrected chi connectivity index (χ2v) is 8.10. The summed E-state index contributed by atoms with van der Waals surface area (Å²) in [4.78, 5) is 0. The van der Waals surface area contributed by atoms with Gasteiger partial charge < -0.3 is 5.11 Å². The molecule has 3 aromatic rings. The predicted molar refractivity (Wildman–Crippen MR) is 112 cm³/mol. The third-order valence-corrected chi connectivity index (χ3v) is 6.44. The van der Waals surface area contributed by atoms with E-state index in [9.17, 15) is 5.11 Å². The minimum atomic E-state index is -0.409. The number of hydrogen-bond acceptors (Lipinski definition) is 1. The van der Waals surface area contributed by atoms with Crippen LogP contribution in [0.4, 0.5) is 0 Å². The van der Waals surface area contributed by atoms with Crippen molar-refractivity contribution in [1.29, 1.82) is 0 Å². The summed E-state index contributed by atoms with van der Waals surface area (Å²) in [5, 5.41) is 14.7. The Hall–Kier alpha value is -2.24. The molecule has 0 N–H and O–H groups in total. The summed E-state index contributed by atoms with van der Waals surface area (Å²) < 4.78 is 0. The molecule has 0 heterocycles. The van der Waals surface area contributed by atoms with E-state index in [4.69, 9.17) is 0 Å². The Balaban J connectivity index is 0.000000247. The van der Waals surface area contributed by atoms with Crippen molar-refractivity contribution < 1.29 is 22.2 Å². The molecule has 0 aromatic heterocycles. The van der Waals surface area contributed by atoms with Gasteiger partial charge in [0.2, 0.25) is 0 Å². The summed E-state index contributed by atoms with van der Waals surface area (Å²) in [5.74, 6) is 0.134. The quantitative estimate of drug-likeness (QED) is 0.277. The molecule has 3 aromatic carbocycles. The molecule has 0 fully saturated rings. The van der Waals surface area contributed by atoms with Gasteiger partial charge >= 0.3 is 17.1 Å². The number of hydrogen-bond donors (Lipinski definition) is 0. The first-order valence-electron chi connectivity index (χ1n) is 8.60. The zero-order valence-electron chi connectivity index (χ0n) is 15.1. The second-order valence-electron chi connectivity index (χ2n) is 5.88. The molecule has 136 valence electrons. The Labute approximate surface area is 173 Å². The fourth-order valence-electron chi connectivity index (χ4n) is 2.72. The predicted octanol–water partition coefficient (Wildman–Crippen LogP) is 3.91. The zero-order chi connectivity index (χ0) is 18.2. The summed E-state index contributed by atoms with van der Waals surface area (Å²) in [7, 11) is -0.409. The van der Waals surface area contributed by atoms with Gasteiger partial charge in [0.15, 0.2) is 0 Å². The molecular formula is C24H21FeOP. The third-order valence-electron chi connectivity index (χ3n) is 4.00. The fourth-order valence-corrected chi connectivity index (χ4v) is 5.03. The minimum Gasteiger partial charge on any atom is -0.875 e. The van der Waals surface area contributed by atoms with Gasteiger partial charge in [0.1, 0.15) is 0 Å². The van der Waals surface area contributed by atoms with Crippen LogP contribution >= 0.6 is 7.92 Å². The topological polar surface area (TPSA) is 23.1 Å². The molecule has 0 bridgehead atoms. The fraction of sp³-hybridized carbons (Fsp3) is 0.0417. The molecule has 0 radical (unpaired) electrons. The van der Waals surface area contributed by atoms with Gasteiger partial charge in [-0.1, -0.05) is 91.9 Å². The van der Waals surface area contributed by atoms with Gasteiger partial charge in [0, 0.05) is 0 Å². The largest absolute Gasteiger partial charge is 2.00 e. The maximum absolute atomic E-state index is 10.5. The van der Waals surface area contributed by atoms with Gasteiger partial charge in [0.25, 0.3) is 0 Å². The first-order valence-corrected chi connectivity index (χ1v) is 9.94.